The first-order chi connectivity index (χ1) is 32.4. The number of ether oxygens (including phenoxy) is 4. The summed E-state index contributed by atoms with van der Waals surface area (Å²) in [6.45, 7) is 6.99. The van der Waals surface area contributed by atoms with Crippen LogP contribution in [0.4, 0.5) is 0 Å². The van der Waals surface area contributed by atoms with E-state index < -0.39 is 35.6 Å². The van der Waals surface area contributed by atoms with Crippen LogP contribution < -0.4 is 40.7 Å². The molecule has 0 spiro atoms. The minimum absolute atomic E-state index is 0.0309. The normalized spacial score (nSPS) is 25.9. The Hall–Kier alpha value is -5.43. The van der Waals surface area contributed by atoms with Crippen molar-refractivity contribution in [3.8, 4) is 51.7 Å². The standard InChI is InChI=1S/C54H62N4O9/c1-30(2)23-53(3,63)27-56-28-58-47-7-5-6-34(25-59)65-46-21-33(9-16-45(46)62)52-54(47,64-29-55-4)24-42-41-22-40-36(31-8-15-43-32(20-31)18-19-57-43)12-13-37-44(61)17-14-38(48(37)40)49(41)51-39(50(42)67-52)11-10-35(26-60)66-51/h8-9,12-18,20-21,30,34-36,40,47,52,55-56,58-63H,6,10-11,19,22-29H2,1-4H3/t34-,35+,36-,40+,47+,52-,53+,54+/m1/s1. The molecule has 8 N–H and O–H groups in total. The van der Waals surface area contributed by atoms with Gasteiger partial charge in [0.25, 0.3) is 0 Å². The topological polar surface area (TPSA) is 187 Å². The molecule has 4 heterocycles. The summed E-state index contributed by atoms with van der Waals surface area (Å²) in [5.41, 5.74) is 6.36. The Morgan fingerprint density at radius 1 is 0.955 bits per heavy atom. The van der Waals surface area contributed by atoms with Crippen molar-refractivity contribution < 1.29 is 44.5 Å². The van der Waals surface area contributed by atoms with Gasteiger partial charge in [-0.1, -0.05) is 62.1 Å². The fourth-order valence-corrected chi connectivity index (χ4v) is 11.6. The fourth-order valence-electron chi connectivity index (χ4n) is 11.6. The van der Waals surface area contributed by atoms with Crippen molar-refractivity contribution in [2.75, 3.05) is 46.8 Å². The van der Waals surface area contributed by atoms with Crippen molar-refractivity contribution in [1.29, 1.82) is 0 Å². The molecule has 352 valence electrons. The lowest BCUT2D eigenvalue weighted by Gasteiger charge is -2.50. The third kappa shape index (κ3) is 8.26. The summed E-state index contributed by atoms with van der Waals surface area (Å²) in [7, 11) is 1.83. The molecule has 2 aliphatic carbocycles. The van der Waals surface area contributed by atoms with Gasteiger partial charge >= 0.3 is 0 Å². The van der Waals surface area contributed by atoms with Crippen molar-refractivity contribution in [2.45, 2.75) is 107 Å². The van der Waals surface area contributed by atoms with Crippen molar-refractivity contribution in [2.24, 2.45) is 10.9 Å². The molecule has 0 aromatic heterocycles. The summed E-state index contributed by atoms with van der Waals surface area (Å²) in [4.78, 5) is 4.66. The average Bonchev–Trinajstić information content (AvgIpc) is 3.79. The van der Waals surface area contributed by atoms with E-state index >= 15 is 0 Å². The first kappa shape index (κ1) is 45.4. The van der Waals surface area contributed by atoms with Crippen LogP contribution in [0.15, 0.2) is 59.6 Å². The third-order valence-electron chi connectivity index (χ3n) is 14.4. The minimum atomic E-state index is -1.24. The molecule has 6 aliphatic rings. The second-order valence-electron chi connectivity index (χ2n) is 19.7. The van der Waals surface area contributed by atoms with E-state index in [0.717, 1.165) is 49.5 Å². The van der Waals surface area contributed by atoms with Gasteiger partial charge in [0.1, 0.15) is 41.1 Å². The number of aliphatic hydroxyl groups excluding tert-OH is 2. The molecule has 4 aromatic rings. The van der Waals surface area contributed by atoms with Gasteiger partial charge in [-0.15, -0.1) is 0 Å². The average molecular weight is 911 g/mol. The number of rotatable bonds is 13. The maximum atomic E-state index is 11.5. The second-order valence-corrected chi connectivity index (χ2v) is 19.7. The quantitative estimate of drug-likeness (QED) is 0.0539. The molecule has 10 rings (SSSR count). The first-order valence-electron chi connectivity index (χ1n) is 23.8. The van der Waals surface area contributed by atoms with Crippen molar-refractivity contribution in [3.05, 3.63) is 104 Å². The van der Waals surface area contributed by atoms with Crippen LogP contribution in [0.2, 0.25) is 0 Å². The zero-order valence-corrected chi connectivity index (χ0v) is 38.7. The number of hydrogen-bond donors (Lipinski definition) is 8. The van der Waals surface area contributed by atoms with E-state index in [2.05, 4.69) is 83.1 Å². The molecule has 0 fully saturated rings. The van der Waals surface area contributed by atoms with Gasteiger partial charge < -0.3 is 49.8 Å². The van der Waals surface area contributed by atoms with E-state index in [1.54, 1.807) is 18.2 Å². The molecule has 13 nitrogen and oxygen atoms in total. The van der Waals surface area contributed by atoms with Crippen LogP contribution in [0.3, 0.4) is 0 Å². The zero-order valence-electron chi connectivity index (χ0n) is 38.7. The van der Waals surface area contributed by atoms with E-state index in [1.165, 1.54) is 5.56 Å². The van der Waals surface area contributed by atoms with Gasteiger partial charge in [0.15, 0.2) is 17.6 Å². The molecular formula is C54H62N4O9. The summed E-state index contributed by atoms with van der Waals surface area (Å²) in [5, 5.41) is 67.4. The van der Waals surface area contributed by atoms with Gasteiger partial charge in [0.05, 0.1) is 37.4 Å². The van der Waals surface area contributed by atoms with Crippen LogP contribution in [0.1, 0.15) is 96.9 Å². The van der Waals surface area contributed by atoms with Crippen LogP contribution in [0.5, 0.6) is 28.7 Å². The number of benzene rings is 4. The van der Waals surface area contributed by atoms with E-state index in [4.69, 9.17) is 18.9 Å². The summed E-state index contributed by atoms with van der Waals surface area (Å²) in [5.74, 6) is 8.76. The van der Waals surface area contributed by atoms with Gasteiger partial charge in [-0.2, -0.15) is 0 Å². The molecule has 0 saturated heterocycles. The number of fused-ring (bicyclic) bond motifs is 12. The van der Waals surface area contributed by atoms with Crippen molar-refractivity contribution in [1.82, 2.24) is 16.0 Å². The van der Waals surface area contributed by atoms with Crippen LogP contribution in [0.25, 0.3) is 23.3 Å². The zero-order chi connectivity index (χ0) is 46.6. The molecule has 13 heteroatoms. The van der Waals surface area contributed by atoms with Gasteiger partial charge in [-0.3, -0.25) is 15.6 Å². The number of nitrogens with one attached hydrogen (secondary N) is 3. The van der Waals surface area contributed by atoms with E-state index in [1.807, 2.05) is 26.1 Å². The molecule has 0 amide bonds. The fraction of sp³-hybridized carbons (Fsp3) is 0.463. The highest BCUT2D eigenvalue weighted by atomic mass is 16.6. The maximum Gasteiger partial charge on any atom is 0.161 e. The molecule has 2 bridgehead atoms. The smallest absolute Gasteiger partial charge is 0.161 e. The predicted octanol–water partition coefficient (Wildman–Crippen LogP) is 4.37. The maximum absolute atomic E-state index is 11.5. The highest BCUT2D eigenvalue weighted by molar-refractivity contribution is 5.89. The number of aromatic hydroxyl groups is 2. The van der Waals surface area contributed by atoms with Gasteiger partial charge in [-0.25, -0.2) is 0 Å². The number of phenols is 2. The predicted molar refractivity (Wildman–Crippen MR) is 255 cm³/mol. The Morgan fingerprint density at radius 2 is 1.78 bits per heavy atom. The molecule has 8 atom stereocenters. The summed E-state index contributed by atoms with van der Waals surface area (Å²) in [6.07, 6.45) is 7.35. The lowest BCUT2D eigenvalue weighted by Crippen LogP contribution is -2.62. The molecule has 0 radical (unpaired) electrons. The highest BCUT2D eigenvalue weighted by Gasteiger charge is 2.55. The Labute approximate surface area is 391 Å². The first-order valence-corrected chi connectivity index (χ1v) is 23.8. The van der Waals surface area contributed by atoms with Crippen molar-refractivity contribution >= 4 is 12.2 Å². The highest BCUT2D eigenvalue weighted by Crippen LogP contribution is 2.61. The summed E-state index contributed by atoms with van der Waals surface area (Å²) >= 11 is 0. The van der Waals surface area contributed by atoms with Gasteiger partial charge in [0, 0.05) is 54.2 Å². The number of allylic oxidation sites excluding steroid dienone is 1. The molecule has 4 aliphatic heterocycles. The van der Waals surface area contributed by atoms with Gasteiger partial charge in [-0.05, 0) is 115 Å². The van der Waals surface area contributed by atoms with Crippen LogP contribution >= 0.6 is 0 Å². The molecule has 0 saturated carbocycles. The number of nitrogens with zero attached hydrogens (tertiary/aromatic N) is 1. The third-order valence-corrected chi connectivity index (χ3v) is 14.4. The molecule has 67 heavy (non-hydrogen) atoms. The Balaban J connectivity index is 1.18. The van der Waals surface area contributed by atoms with Crippen LogP contribution in [-0.4, -0.2) is 102 Å². The lowest BCUT2D eigenvalue weighted by atomic mass is 9.64. The summed E-state index contributed by atoms with van der Waals surface area (Å²) in [6, 6.07) is 14.8. The Kier molecular flexibility index (Phi) is 12.3. The van der Waals surface area contributed by atoms with Crippen LogP contribution in [0, 0.1) is 17.8 Å². The van der Waals surface area contributed by atoms with E-state index in [9.17, 15) is 25.5 Å². The molecule has 4 aromatic carbocycles. The molecular weight excluding hydrogens is 849 g/mol. The van der Waals surface area contributed by atoms with Crippen LogP contribution in [-0.2, 0) is 24.0 Å². The Morgan fingerprint density at radius 3 is 2.58 bits per heavy atom. The van der Waals surface area contributed by atoms with E-state index in [-0.39, 0.29) is 62.1 Å². The summed E-state index contributed by atoms with van der Waals surface area (Å²) < 4.78 is 27.9. The molecule has 0 unspecified atom stereocenters. The largest absolute Gasteiger partial charge is 0.507 e. The minimum Gasteiger partial charge on any atom is -0.507 e. The SMILES string of the molecule is CNCO[C@]12Cc3c4c(c5c(c3O[C@@H]1c1ccc(O)c(c1)O[C@@H](CO)CC#C[C@@H]2NCNC[C@@](C)(O)CC(C)C)CC[C@@H](CO)O5)-c1ccc(O)c2c1[C@@H](C4)[C@@H](c1ccc3c(c1)=CCN=3)C=C2. The monoisotopic (exact) mass is 910 g/mol. The van der Waals surface area contributed by atoms with E-state index in [0.29, 0.717) is 68.2 Å². The second kappa shape index (κ2) is 18.2. The lowest BCUT2D eigenvalue weighted by molar-refractivity contribution is -0.141. The van der Waals surface area contributed by atoms with Gasteiger partial charge in [0.2, 0.25) is 0 Å². The number of aliphatic hydroxyl groups is 3. The number of phenolic OH excluding ortho intramolecular Hbond substituents is 2. The van der Waals surface area contributed by atoms with Crippen molar-refractivity contribution in [3.63, 3.8) is 0 Å². The number of hydrogen-bond acceptors (Lipinski definition) is 13. The Bertz CT molecular complexity index is 2800.